The van der Waals surface area contributed by atoms with Crippen molar-refractivity contribution < 1.29 is 13.2 Å². The summed E-state index contributed by atoms with van der Waals surface area (Å²) in [6.07, 6.45) is -2.03. The molecule has 0 aliphatic rings. The van der Waals surface area contributed by atoms with E-state index >= 15 is 0 Å². The van der Waals surface area contributed by atoms with Crippen molar-refractivity contribution in [1.29, 1.82) is 0 Å². The summed E-state index contributed by atoms with van der Waals surface area (Å²) < 4.78 is 40.2. The highest BCUT2D eigenvalue weighted by Crippen LogP contribution is 2.41. The van der Waals surface area contributed by atoms with Crippen LogP contribution in [0.3, 0.4) is 0 Å². The molecule has 0 amide bonds. The average Bonchev–Trinajstić information content (AvgIpc) is 2.52. The SMILES string of the molecule is NCc1ccc(/C=C/C(c2cc(Cl)c(Cl)c(Cl)c2)C(F)(F)F)cc1. The van der Waals surface area contributed by atoms with Crippen LogP contribution in [0.25, 0.3) is 6.08 Å². The van der Waals surface area contributed by atoms with Gasteiger partial charge in [-0.2, -0.15) is 13.2 Å². The predicted molar refractivity (Wildman–Crippen MR) is 93.6 cm³/mol. The number of nitrogens with two attached hydrogens (primary N) is 1. The zero-order chi connectivity index (χ0) is 17.9. The van der Waals surface area contributed by atoms with E-state index in [1.807, 2.05) is 0 Å². The van der Waals surface area contributed by atoms with Gasteiger partial charge in [-0.15, -0.1) is 0 Å². The van der Waals surface area contributed by atoms with E-state index in [0.717, 1.165) is 11.6 Å². The maximum absolute atomic E-state index is 13.4. The largest absolute Gasteiger partial charge is 0.399 e. The quantitative estimate of drug-likeness (QED) is 0.591. The fraction of sp³-hybridized carbons (Fsp3) is 0.176. The molecule has 0 radical (unpaired) electrons. The normalized spacial score (nSPS) is 13.5. The highest BCUT2D eigenvalue weighted by molar-refractivity contribution is 6.48. The summed E-state index contributed by atoms with van der Waals surface area (Å²) in [4.78, 5) is 0. The Hall–Kier alpha value is -1.20. The maximum Gasteiger partial charge on any atom is 0.399 e. The summed E-state index contributed by atoms with van der Waals surface area (Å²) >= 11 is 17.5. The molecule has 0 bridgehead atoms. The standard InChI is InChI=1S/C17H13Cl3F3N/c18-14-7-12(8-15(19)16(14)20)13(17(21,22)23)6-5-10-1-3-11(9-24)4-2-10/h1-8,13H,9,24H2/b6-5+. The lowest BCUT2D eigenvalue weighted by Crippen LogP contribution is -2.19. The minimum absolute atomic E-state index is 0.0193. The van der Waals surface area contributed by atoms with Gasteiger partial charge in [0.2, 0.25) is 0 Å². The van der Waals surface area contributed by atoms with Gasteiger partial charge in [-0.05, 0) is 28.8 Å². The van der Waals surface area contributed by atoms with E-state index < -0.39 is 12.1 Å². The Kier molecular flexibility index (Phi) is 6.21. The Morgan fingerprint density at radius 1 is 1.00 bits per heavy atom. The number of hydrogen-bond acceptors (Lipinski definition) is 1. The van der Waals surface area contributed by atoms with E-state index in [4.69, 9.17) is 40.5 Å². The van der Waals surface area contributed by atoms with Crippen molar-refractivity contribution in [2.75, 3.05) is 0 Å². The van der Waals surface area contributed by atoms with Crippen molar-refractivity contribution >= 4 is 40.9 Å². The molecular formula is C17H13Cl3F3N. The first kappa shape index (κ1) is 19.1. The van der Waals surface area contributed by atoms with Crippen molar-refractivity contribution in [1.82, 2.24) is 0 Å². The van der Waals surface area contributed by atoms with Crippen LogP contribution in [-0.2, 0) is 6.54 Å². The summed E-state index contributed by atoms with van der Waals surface area (Å²) in [5, 5.41) is -0.00686. The molecule has 0 fully saturated rings. The monoisotopic (exact) mass is 393 g/mol. The Morgan fingerprint density at radius 2 is 1.54 bits per heavy atom. The van der Waals surface area contributed by atoms with Gasteiger partial charge in [0.1, 0.15) is 0 Å². The molecule has 2 N–H and O–H groups in total. The Balaban J connectivity index is 2.37. The van der Waals surface area contributed by atoms with Crippen LogP contribution in [0.2, 0.25) is 15.1 Å². The first-order valence-electron chi connectivity index (χ1n) is 6.90. The van der Waals surface area contributed by atoms with Gasteiger partial charge in [-0.1, -0.05) is 71.2 Å². The van der Waals surface area contributed by atoms with E-state index in [0.29, 0.717) is 12.1 Å². The highest BCUT2D eigenvalue weighted by Gasteiger charge is 2.39. The molecule has 0 aliphatic carbocycles. The van der Waals surface area contributed by atoms with Gasteiger partial charge in [0, 0.05) is 6.54 Å². The Bertz CT molecular complexity index is 717. The smallest absolute Gasteiger partial charge is 0.326 e. The summed E-state index contributed by atoms with van der Waals surface area (Å²) in [5.74, 6) is -1.85. The number of halogens is 6. The van der Waals surface area contributed by atoms with E-state index in [1.165, 1.54) is 18.2 Å². The predicted octanol–water partition coefficient (Wildman–Crippen LogP) is 6.46. The van der Waals surface area contributed by atoms with Crippen LogP contribution >= 0.6 is 34.8 Å². The van der Waals surface area contributed by atoms with Crippen molar-refractivity contribution in [3.05, 3.63) is 74.2 Å². The molecule has 7 heteroatoms. The third-order valence-corrected chi connectivity index (χ3v) is 4.61. The summed E-state index contributed by atoms with van der Waals surface area (Å²) in [5.41, 5.74) is 6.95. The summed E-state index contributed by atoms with van der Waals surface area (Å²) in [6.45, 7) is 0.372. The van der Waals surface area contributed by atoms with Gasteiger partial charge < -0.3 is 5.73 Å². The van der Waals surface area contributed by atoms with Crippen LogP contribution in [0.15, 0.2) is 42.5 Å². The van der Waals surface area contributed by atoms with Crippen LogP contribution in [0, 0.1) is 0 Å². The average molecular weight is 395 g/mol. The van der Waals surface area contributed by atoms with Crippen LogP contribution in [-0.4, -0.2) is 6.18 Å². The maximum atomic E-state index is 13.4. The minimum Gasteiger partial charge on any atom is -0.326 e. The van der Waals surface area contributed by atoms with Gasteiger partial charge in [0.25, 0.3) is 0 Å². The molecule has 0 saturated heterocycles. The zero-order valence-electron chi connectivity index (χ0n) is 12.2. The molecule has 2 aromatic carbocycles. The molecule has 2 aromatic rings. The van der Waals surface area contributed by atoms with Crippen molar-refractivity contribution in [3.63, 3.8) is 0 Å². The second-order valence-corrected chi connectivity index (χ2v) is 6.32. The van der Waals surface area contributed by atoms with Crippen molar-refractivity contribution in [2.24, 2.45) is 5.73 Å². The van der Waals surface area contributed by atoms with Crippen LogP contribution in [0.5, 0.6) is 0 Å². The second kappa shape index (κ2) is 7.79. The molecule has 2 rings (SSSR count). The fourth-order valence-corrected chi connectivity index (χ4v) is 2.75. The van der Waals surface area contributed by atoms with Gasteiger partial charge in [0.15, 0.2) is 0 Å². The van der Waals surface area contributed by atoms with Gasteiger partial charge in [-0.3, -0.25) is 0 Å². The third-order valence-electron chi connectivity index (χ3n) is 3.41. The molecule has 0 spiro atoms. The van der Waals surface area contributed by atoms with Crippen LogP contribution < -0.4 is 5.73 Å². The summed E-state index contributed by atoms with van der Waals surface area (Å²) in [6, 6.07) is 9.28. The van der Waals surface area contributed by atoms with Crippen molar-refractivity contribution in [2.45, 2.75) is 18.6 Å². The minimum atomic E-state index is -4.49. The Labute approximate surface area is 152 Å². The van der Waals surface area contributed by atoms with E-state index in [-0.39, 0.29) is 20.6 Å². The number of benzene rings is 2. The molecule has 0 aromatic heterocycles. The fourth-order valence-electron chi connectivity index (χ4n) is 2.14. The first-order valence-corrected chi connectivity index (χ1v) is 8.04. The molecule has 1 nitrogen and oxygen atoms in total. The lowest BCUT2D eigenvalue weighted by molar-refractivity contribution is -0.139. The molecule has 0 heterocycles. The molecule has 0 saturated carbocycles. The molecule has 1 unspecified atom stereocenters. The van der Waals surface area contributed by atoms with Gasteiger partial charge in [-0.25, -0.2) is 0 Å². The van der Waals surface area contributed by atoms with E-state index in [2.05, 4.69) is 0 Å². The van der Waals surface area contributed by atoms with Crippen LogP contribution in [0.4, 0.5) is 13.2 Å². The first-order chi connectivity index (χ1) is 11.2. The van der Waals surface area contributed by atoms with Gasteiger partial charge >= 0.3 is 6.18 Å². The molecular weight excluding hydrogens is 382 g/mol. The number of allylic oxidation sites excluding steroid dienone is 1. The Morgan fingerprint density at radius 3 is 2.00 bits per heavy atom. The number of rotatable bonds is 4. The molecule has 0 aliphatic heterocycles. The lowest BCUT2D eigenvalue weighted by Gasteiger charge is -2.18. The molecule has 128 valence electrons. The van der Waals surface area contributed by atoms with Gasteiger partial charge in [0.05, 0.1) is 21.0 Å². The zero-order valence-corrected chi connectivity index (χ0v) is 14.5. The van der Waals surface area contributed by atoms with Crippen LogP contribution in [0.1, 0.15) is 22.6 Å². The summed E-state index contributed by atoms with van der Waals surface area (Å²) in [7, 11) is 0. The number of hydrogen-bond donors (Lipinski definition) is 1. The number of alkyl halides is 3. The van der Waals surface area contributed by atoms with E-state index in [1.54, 1.807) is 24.3 Å². The topological polar surface area (TPSA) is 26.0 Å². The van der Waals surface area contributed by atoms with Crippen molar-refractivity contribution in [3.8, 4) is 0 Å². The second-order valence-electron chi connectivity index (χ2n) is 5.12. The molecule has 24 heavy (non-hydrogen) atoms. The molecule has 1 atom stereocenters. The highest BCUT2D eigenvalue weighted by atomic mass is 35.5. The third kappa shape index (κ3) is 4.67. The van der Waals surface area contributed by atoms with E-state index in [9.17, 15) is 13.2 Å². The lowest BCUT2D eigenvalue weighted by atomic mass is 9.97.